The van der Waals surface area contributed by atoms with E-state index < -0.39 is 5.97 Å². The minimum absolute atomic E-state index is 0.0512. The van der Waals surface area contributed by atoms with Gasteiger partial charge in [0.05, 0.1) is 23.7 Å². The molecule has 0 aliphatic carbocycles. The third kappa shape index (κ3) is 2.72. The molecule has 2 rings (SSSR count). The van der Waals surface area contributed by atoms with E-state index in [4.69, 9.17) is 4.74 Å². The van der Waals surface area contributed by atoms with Crippen molar-refractivity contribution in [2.45, 2.75) is 20.3 Å². The lowest BCUT2D eigenvalue weighted by Crippen LogP contribution is -2.11. The Kier molecular flexibility index (Phi) is 4.53. The van der Waals surface area contributed by atoms with Gasteiger partial charge >= 0.3 is 5.97 Å². The van der Waals surface area contributed by atoms with E-state index in [1.807, 2.05) is 30.3 Å². The van der Waals surface area contributed by atoms with E-state index in [1.165, 1.54) is 0 Å². The average Bonchev–Trinajstić information content (AvgIpc) is 2.77. The van der Waals surface area contributed by atoms with Crippen LogP contribution in [-0.4, -0.2) is 34.1 Å². The number of aliphatic hydroxyl groups is 1. The first kappa shape index (κ1) is 14.3. The number of aliphatic hydroxyl groups excluding tert-OH is 1. The van der Waals surface area contributed by atoms with Gasteiger partial charge in [0.15, 0.2) is 0 Å². The molecule has 1 N–H and O–H groups in total. The molecule has 0 unspecified atom stereocenters. The third-order valence-corrected chi connectivity index (χ3v) is 2.98. The van der Waals surface area contributed by atoms with Gasteiger partial charge in [-0.1, -0.05) is 18.2 Å². The highest BCUT2D eigenvalue weighted by Gasteiger charge is 2.22. The van der Waals surface area contributed by atoms with Crippen molar-refractivity contribution in [3.63, 3.8) is 0 Å². The van der Waals surface area contributed by atoms with Crippen molar-refractivity contribution < 1.29 is 14.6 Å². The van der Waals surface area contributed by atoms with Gasteiger partial charge in [0.2, 0.25) is 0 Å². The Morgan fingerprint density at radius 2 is 2.05 bits per heavy atom. The maximum absolute atomic E-state index is 12.0. The summed E-state index contributed by atoms with van der Waals surface area (Å²) in [7, 11) is 0. The molecule has 1 aromatic heterocycles. The van der Waals surface area contributed by atoms with Gasteiger partial charge in [0, 0.05) is 13.0 Å². The summed E-state index contributed by atoms with van der Waals surface area (Å²) in [6, 6.07) is 9.53. The fourth-order valence-electron chi connectivity index (χ4n) is 2.16. The number of carbonyl (C=O) groups excluding carboxylic acids is 1. The first-order valence-electron chi connectivity index (χ1n) is 6.61. The van der Waals surface area contributed by atoms with Crippen molar-refractivity contribution in [1.29, 1.82) is 0 Å². The lowest BCUT2D eigenvalue weighted by atomic mass is 10.1. The molecule has 0 saturated carbocycles. The number of hydrogen-bond acceptors (Lipinski definition) is 4. The Balaban J connectivity index is 2.53. The molecule has 0 aliphatic heterocycles. The summed E-state index contributed by atoms with van der Waals surface area (Å²) in [5.74, 6) is -0.393. The number of nitrogens with zero attached hydrogens (tertiary/aromatic N) is 2. The van der Waals surface area contributed by atoms with Gasteiger partial charge in [-0.15, -0.1) is 0 Å². The molecule has 5 nitrogen and oxygen atoms in total. The van der Waals surface area contributed by atoms with E-state index in [-0.39, 0.29) is 6.61 Å². The molecule has 0 aliphatic rings. The maximum Gasteiger partial charge on any atom is 0.341 e. The summed E-state index contributed by atoms with van der Waals surface area (Å²) in [4.78, 5) is 12.0. The molecule has 2 aromatic rings. The van der Waals surface area contributed by atoms with Gasteiger partial charge < -0.3 is 9.84 Å². The summed E-state index contributed by atoms with van der Waals surface area (Å²) in [5.41, 5.74) is 2.59. The van der Waals surface area contributed by atoms with Gasteiger partial charge in [0.1, 0.15) is 5.56 Å². The Hall–Kier alpha value is -2.14. The predicted octanol–water partition coefficient (Wildman–Crippen LogP) is 1.89. The second kappa shape index (κ2) is 6.34. The fourth-order valence-corrected chi connectivity index (χ4v) is 2.16. The average molecular weight is 274 g/mol. The largest absolute Gasteiger partial charge is 0.462 e. The normalized spacial score (nSPS) is 10.6. The van der Waals surface area contributed by atoms with Crippen molar-refractivity contribution in [3.8, 4) is 5.69 Å². The summed E-state index contributed by atoms with van der Waals surface area (Å²) in [6.07, 6.45) is 0.351. The number of aryl methyl sites for hydroxylation is 1. The summed E-state index contributed by atoms with van der Waals surface area (Å²) in [5, 5.41) is 13.7. The van der Waals surface area contributed by atoms with Crippen LogP contribution in [-0.2, 0) is 11.2 Å². The zero-order valence-corrected chi connectivity index (χ0v) is 11.7. The van der Waals surface area contributed by atoms with Gasteiger partial charge in [-0.2, -0.15) is 5.10 Å². The van der Waals surface area contributed by atoms with Crippen molar-refractivity contribution in [3.05, 3.63) is 47.3 Å². The lowest BCUT2D eigenvalue weighted by molar-refractivity contribution is 0.0524. The monoisotopic (exact) mass is 274 g/mol. The zero-order chi connectivity index (χ0) is 14.5. The highest BCUT2D eigenvalue weighted by Crippen LogP contribution is 2.20. The number of para-hydroxylation sites is 1. The van der Waals surface area contributed by atoms with Crippen molar-refractivity contribution >= 4 is 5.97 Å². The number of esters is 1. The van der Waals surface area contributed by atoms with E-state index in [1.54, 1.807) is 18.5 Å². The summed E-state index contributed by atoms with van der Waals surface area (Å²) >= 11 is 0. The quantitative estimate of drug-likeness (QED) is 0.846. The van der Waals surface area contributed by atoms with E-state index in [2.05, 4.69) is 5.10 Å². The Labute approximate surface area is 117 Å². The smallest absolute Gasteiger partial charge is 0.341 e. The number of aromatic nitrogens is 2. The first-order chi connectivity index (χ1) is 9.69. The first-order valence-corrected chi connectivity index (χ1v) is 6.61. The molecule has 20 heavy (non-hydrogen) atoms. The molecular weight excluding hydrogens is 256 g/mol. The van der Waals surface area contributed by atoms with Gasteiger partial charge in [-0.25, -0.2) is 9.48 Å². The van der Waals surface area contributed by atoms with Crippen LogP contribution in [0.25, 0.3) is 5.69 Å². The molecule has 0 amide bonds. The third-order valence-electron chi connectivity index (χ3n) is 2.98. The molecule has 0 fully saturated rings. The second-order valence-electron chi connectivity index (χ2n) is 4.35. The molecule has 0 radical (unpaired) electrons. The van der Waals surface area contributed by atoms with Crippen LogP contribution >= 0.6 is 0 Å². The summed E-state index contributed by atoms with van der Waals surface area (Å²) < 4.78 is 6.76. The summed E-state index contributed by atoms with van der Waals surface area (Å²) in [6.45, 7) is 3.80. The standard InChI is InChI=1S/C15H18N2O3/c1-3-20-15(19)14-11(2)16-17(13(14)9-10-18)12-7-5-4-6-8-12/h4-8,18H,3,9-10H2,1-2H3. The van der Waals surface area contributed by atoms with Crippen LogP contribution in [0.15, 0.2) is 30.3 Å². The fraction of sp³-hybridized carbons (Fsp3) is 0.333. The van der Waals surface area contributed by atoms with Crippen LogP contribution in [0.1, 0.15) is 28.7 Å². The number of ether oxygens (including phenoxy) is 1. The van der Waals surface area contributed by atoms with Crippen LogP contribution in [0.4, 0.5) is 0 Å². The van der Waals surface area contributed by atoms with Crippen LogP contribution in [0.5, 0.6) is 0 Å². The van der Waals surface area contributed by atoms with Crippen LogP contribution in [0, 0.1) is 6.92 Å². The minimum Gasteiger partial charge on any atom is -0.462 e. The minimum atomic E-state index is -0.393. The highest BCUT2D eigenvalue weighted by molar-refractivity contribution is 5.92. The highest BCUT2D eigenvalue weighted by atomic mass is 16.5. The van der Waals surface area contributed by atoms with Gasteiger partial charge in [0.25, 0.3) is 0 Å². The Morgan fingerprint density at radius 1 is 1.35 bits per heavy atom. The zero-order valence-electron chi connectivity index (χ0n) is 11.7. The van der Waals surface area contributed by atoms with Crippen molar-refractivity contribution in [1.82, 2.24) is 9.78 Å². The second-order valence-corrected chi connectivity index (χ2v) is 4.35. The topological polar surface area (TPSA) is 64.3 Å². The molecule has 0 atom stereocenters. The van der Waals surface area contributed by atoms with Crippen LogP contribution in [0.2, 0.25) is 0 Å². The molecule has 0 saturated heterocycles. The Morgan fingerprint density at radius 3 is 2.65 bits per heavy atom. The number of hydrogen-bond donors (Lipinski definition) is 1. The number of rotatable bonds is 5. The van der Waals surface area contributed by atoms with E-state index in [9.17, 15) is 9.90 Å². The van der Waals surface area contributed by atoms with Crippen LogP contribution in [0.3, 0.4) is 0 Å². The SMILES string of the molecule is CCOC(=O)c1c(C)nn(-c2ccccc2)c1CCO. The van der Waals surface area contributed by atoms with E-state index in [0.717, 1.165) is 5.69 Å². The van der Waals surface area contributed by atoms with Crippen molar-refractivity contribution in [2.24, 2.45) is 0 Å². The maximum atomic E-state index is 12.0. The van der Waals surface area contributed by atoms with Crippen molar-refractivity contribution in [2.75, 3.05) is 13.2 Å². The molecular formula is C15H18N2O3. The number of benzene rings is 1. The number of carbonyl (C=O) groups is 1. The van der Waals surface area contributed by atoms with E-state index >= 15 is 0 Å². The molecule has 1 heterocycles. The van der Waals surface area contributed by atoms with Gasteiger partial charge in [-0.05, 0) is 26.0 Å². The van der Waals surface area contributed by atoms with Gasteiger partial charge in [-0.3, -0.25) is 0 Å². The molecule has 5 heteroatoms. The molecule has 0 spiro atoms. The molecule has 1 aromatic carbocycles. The van der Waals surface area contributed by atoms with E-state index in [0.29, 0.717) is 30.0 Å². The predicted molar refractivity (Wildman–Crippen MR) is 75.0 cm³/mol. The molecule has 0 bridgehead atoms. The lowest BCUT2D eigenvalue weighted by Gasteiger charge is -2.08. The Bertz CT molecular complexity index is 591. The van der Waals surface area contributed by atoms with Crippen LogP contribution < -0.4 is 0 Å². The molecule has 106 valence electrons.